The molecule has 3 heterocycles. The summed E-state index contributed by atoms with van der Waals surface area (Å²) in [7, 11) is 0. The normalized spacial score (nSPS) is 11.8. The third kappa shape index (κ3) is 4.03. The highest BCUT2D eigenvalue weighted by atomic mass is 79.9. The van der Waals surface area contributed by atoms with E-state index >= 15 is 0 Å². The van der Waals surface area contributed by atoms with Gasteiger partial charge in [0, 0.05) is 29.8 Å². The van der Waals surface area contributed by atoms with Crippen molar-refractivity contribution in [3.8, 4) is 0 Å². The van der Waals surface area contributed by atoms with Crippen LogP contribution in [0.4, 0.5) is 5.82 Å². The molecular formula is C16H18BrN5S. The fourth-order valence-electron chi connectivity index (χ4n) is 2.10. The Morgan fingerprint density at radius 1 is 1.30 bits per heavy atom. The lowest BCUT2D eigenvalue weighted by Crippen LogP contribution is -2.10. The van der Waals surface area contributed by atoms with Gasteiger partial charge in [0.1, 0.15) is 10.8 Å². The van der Waals surface area contributed by atoms with E-state index in [-0.39, 0.29) is 4.75 Å². The highest BCUT2D eigenvalue weighted by Crippen LogP contribution is 2.33. The summed E-state index contributed by atoms with van der Waals surface area (Å²) in [6.07, 6.45) is 5.40. The molecule has 0 saturated carbocycles. The van der Waals surface area contributed by atoms with Crippen molar-refractivity contribution in [3.63, 3.8) is 0 Å². The van der Waals surface area contributed by atoms with Gasteiger partial charge in [-0.1, -0.05) is 26.8 Å². The fraction of sp³-hybridized carbons (Fsp3) is 0.312. The highest BCUT2D eigenvalue weighted by molar-refractivity contribution is 9.10. The first-order valence-electron chi connectivity index (χ1n) is 7.28. The number of hydrogen-bond acceptors (Lipinski definition) is 5. The van der Waals surface area contributed by atoms with Crippen molar-refractivity contribution >= 4 is 39.2 Å². The van der Waals surface area contributed by atoms with E-state index in [0.29, 0.717) is 6.54 Å². The van der Waals surface area contributed by atoms with Gasteiger partial charge in [0.15, 0.2) is 5.65 Å². The zero-order valence-corrected chi connectivity index (χ0v) is 15.6. The molecule has 3 rings (SSSR count). The van der Waals surface area contributed by atoms with Gasteiger partial charge in [0.2, 0.25) is 0 Å². The number of thioether (sulfide) groups is 1. The number of aromatic nitrogens is 4. The van der Waals surface area contributed by atoms with Gasteiger partial charge in [-0.3, -0.25) is 4.98 Å². The molecule has 0 unspecified atom stereocenters. The smallest absolute Gasteiger partial charge is 0.172 e. The molecule has 3 aromatic rings. The lowest BCUT2D eigenvalue weighted by molar-refractivity contribution is 0.798. The van der Waals surface area contributed by atoms with Gasteiger partial charge in [-0.05, 0) is 27.6 Å². The molecule has 0 aliphatic carbocycles. The van der Waals surface area contributed by atoms with Crippen LogP contribution in [0.15, 0.2) is 46.3 Å². The van der Waals surface area contributed by atoms with Crippen LogP contribution in [0.3, 0.4) is 0 Å². The Bertz CT molecular complexity index is 810. The Morgan fingerprint density at radius 2 is 2.13 bits per heavy atom. The van der Waals surface area contributed by atoms with E-state index in [1.165, 1.54) is 0 Å². The van der Waals surface area contributed by atoms with E-state index in [4.69, 9.17) is 4.98 Å². The largest absolute Gasteiger partial charge is 0.366 e. The van der Waals surface area contributed by atoms with Crippen molar-refractivity contribution in [1.29, 1.82) is 0 Å². The summed E-state index contributed by atoms with van der Waals surface area (Å²) in [5, 5.41) is 8.79. The number of pyridine rings is 1. The van der Waals surface area contributed by atoms with Gasteiger partial charge in [0.25, 0.3) is 0 Å². The molecule has 0 aliphatic rings. The molecule has 0 fully saturated rings. The Hall–Kier alpha value is -1.60. The van der Waals surface area contributed by atoms with Crippen LogP contribution in [-0.2, 0) is 6.54 Å². The number of nitrogens with zero attached hydrogens (tertiary/aromatic N) is 4. The first kappa shape index (κ1) is 16.3. The zero-order valence-electron chi connectivity index (χ0n) is 13.2. The van der Waals surface area contributed by atoms with Gasteiger partial charge < -0.3 is 5.32 Å². The molecule has 0 spiro atoms. The second kappa shape index (κ2) is 6.49. The standard InChI is InChI=1S/C16H18BrN5S/c1-16(2,3)23-14-7-13(19-9-11-5-4-6-18-8-11)22-15(21-14)12(17)10-20-22/h4-8,10,19H,9H2,1-3H3. The molecule has 0 atom stereocenters. The third-order valence-corrected chi connectivity index (χ3v) is 4.60. The number of anilines is 1. The summed E-state index contributed by atoms with van der Waals surface area (Å²) in [6, 6.07) is 6.02. The second-order valence-corrected chi connectivity index (χ2v) is 8.84. The molecule has 0 saturated heterocycles. The highest BCUT2D eigenvalue weighted by Gasteiger charge is 2.16. The average molecular weight is 392 g/mol. The van der Waals surface area contributed by atoms with Gasteiger partial charge >= 0.3 is 0 Å². The van der Waals surface area contributed by atoms with Crippen molar-refractivity contribution < 1.29 is 0 Å². The van der Waals surface area contributed by atoms with E-state index in [1.807, 2.05) is 28.9 Å². The van der Waals surface area contributed by atoms with Gasteiger partial charge in [-0.25, -0.2) is 4.98 Å². The Morgan fingerprint density at radius 3 is 2.83 bits per heavy atom. The maximum absolute atomic E-state index is 4.70. The molecule has 23 heavy (non-hydrogen) atoms. The van der Waals surface area contributed by atoms with E-state index in [9.17, 15) is 0 Å². The molecule has 0 amide bonds. The van der Waals surface area contributed by atoms with Crippen molar-refractivity contribution in [3.05, 3.63) is 46.8 Å². The van der Waals surface area contributed by atoms with Crippen LogP contribution in [0.25, 0.3) is 5.65 Å². The summed E-state index contributed by atoms with van der Waals surface area (Å²) < 4.78 is 2.80. The summed E-state index contributed by atoms with van der Waals surface area (Å²) in [5.41, 5.74) is 1.93. The first-order chi connectivity index (χ1) is 10.9. The molecule has 7 heteroatoms. The minimum Gasteiger partial charge on any atom is -0.366 e. The Balaban J connectivity index is 1.94. The summed E-state index contributed by atoms with van der Waals surface area (Å²) in [5.74, 6) is 0.913. The maximum atomic E-state index is 4.70. The van der Waals surface area contributed by atoms with Crippen molar-refractivity contribution in [1.82, 2.24) is 19.6 Å². The van der Waals surface area contributed by atoms with Gasteiger partial charge in [-0.15, -0.1) is 11.8 Å². The Kier molecular flexibility index (Phi) is 4.59. The van der Waals surface area contributed by atoms with Gasteiger partial charge in [-0.2, -0.15) is 9.61 Å². The number of rotatable bonds is 4. The zero-order chi connectivity index (χ0) is 16.4. The lowest BCUT2D eigenvalue weighted by Gasteiger charge is -2.18. The van der Waals surface area contributed by atoms with Crippen LogP contribution in [0.5, 0.6) is 0 Å². The van der Waals surface area contributed by atoms with Crippen molar-refractivity contribution in [2.75, 3.05) is 5.32 Å². The SMILES string of the molecule is CC(C)(C)Sc1cc(NCc2cccnc2)n2ncc(Br)c2n1. The Labute approximate surface area is 148 Å². The molecule has 5 nitrogen and oxygen atoms in total. The molecule has 0 bridgehead atoms. The van der Waals surface area contributed by atoms with E-state index in [0.717, 1.165) is 26.5 Å². The summed E-state index contributed by atoms with van der Waals surface area (Å²) >= 11 is 5.26. The predicted octanol–water partition coefficient (Wildman–Crippen LogP) is 4.39. The minimum absolute atomic E-state index is 0.0957. The molecule has 120 valence electrons. The molecule has 0 aromatic carbocycles. The van der Waals surface area contributed by atoms with Crippen molar-refractivity contribution in [2.45, 2.75) is 37.1 Å². The number of fused-ring (bicyclic) bond motifs is 1. The molecular weight excluding hydrogens is 374 g/mol. The molecule has 0 aliphatic heterocycles. The van der Waals surface area contributed by atoms with E-state index in [2.05, 4.69) is 52.1 Å². The third-order valence-electron chi connectivity index (χ3n) is 3.01. The van der Waals surface area contributed by atoms with Crippen molar-refractivity contribution in [2.24, 2.45) is 0 Å². The number of halogens is 1. The second-order valence-electron chi connectivity index (χ2n) is 6.14. The topological polar surface area (TPSA) is 55.1 Å². The van der Waals surface area contributed by atoms with E-state index < -0.39 is 0 Å². The van der Waals surface area contributed by atoms with Crippen LogP contribution >= 0.6 is 27.7 Å². The first-order valence-corrected chi connectivity index (χ1v) is 8.89. The van der Waals surface area contributed by atoms with Gasteiger partial charge in [0.05, 0.1) is 10.7 Å². The molecule has 0 radical (unpaired) electrons. The quantitative estimate of drug-likeness (QED) is 0.527. The van der Waals surface area contributed by atoms with Crippen LogP contribution in [0, 0.1) is 0 Å². The predicted molar refractivity (Wildman–Crippen MR) is 97.9 cm³/mol. The summed E-state index contributed by atoms with van der Waals surface area (Å²) in [6.45, 7) is 7.22. The van der Waals surface area contributed by atoms with Crippen LogP contribution in [-0.4, -0.2) is 24.3 Å². The van der Waals surface area contributed by atoms with Crippen LogP contribution in [0.2, 0.25) is 0 Å². The number of hydrogen-bond donors (Lipinski definition) is 1. The fourth-order valence-corrected chi connectivity index (χ4v) is 3.38. The maximum Gasteiger partial charge on any atom is 0.172 e. The lowest BCUT2D eigenvalue weighted by atomic mass is 10.3. The monoisotopic (exact) mass is 391 g/mol. The molecule has 1 N–H and O–H groups in total. The number of nitrogens with one attached hydrogen (secondary N) is 1. The minimum atomic E-state index is 0.0957. The molecule has 3 aromatic heterocycles. The van der Waals surface area contributed by atoms with Crippen LogP contribution in [0.1, 0.15) is 26.3 Å². The summed E-state index contributed by atoms with van der Waals surface area (Å²) in [4.78, 5) is 8.84. The van der Waals surface area contributed by atoms with E-state index in [1.54, 1.807) is 24.2 Å². The van der Waals surface area contributed by atoms with Crippen LogP contribution < -0.4 is 5.32 Å². The average Bonchev–Trinajstić information content (AvgIpc) is 2.86.